The summed E-state index contributed by atoms with van der Waals surface area (Å²) in [6.07, 6.45) is 1.17. The van der Waals surface area contributed by atoms with Crippen LogP contribution in [0.1, 0.15) is 39.2 Å². The van der Waals surface area contributed by atoms with Gasteiger partial charge in [0.25, 0.3) is 0 Å². The van der Waals surface area contributed by atoms with Crippen molar-refractivity contribution < 1.29 is 14.3 Å². The first-order valence-corrected chi connectivity index (χ1v) is 9.11. The van der Waals surface area contributed by atoms with E-state index in [2.05, 4.69) is 5.32 Å². The van der Waals surface area contributed by atoms with Gasteiger partial charge in [-0.05, 0) is 51.3 Å². The average Bonchev–Trinajstić information content (AvgIpc) is 2.54. The lowest BCUT2D eigenvalue weighted by molar-refractivity contribution is -0.126. The van der Waals surface area contributed by atoms with Gasteiger partial charge in [-0.3, -0.25) is 4.79 Å². The predicted molar refractivity (Wildman–Crippen MR) is 98.8 cm³/mol. The summed E-state index contributed by atoms with van der Waals surface area (Å²) in [4.78, 5) is 26.2. The fourth-order valence-corrected chi connectivity index (χ4v) is 2.99. The third-order valence-corrected chi connectivity index (χ3v) is 4.63. The Bertz CT molecular complexity index is 644. The molecule has 138 valence electrons. The molecule has 1 atom stereocenters. The number of carbonyl (C=O) groups excluding carboxylic acids is 2. The van der Waals surface area contributed by atoms with Crippen LogP contribution in [0.5, 0.6) is 0 Å². The molecule has 5 nitrogen and oxygen atoms in total. The van der Waals surface area contributed by atoms with Crippen LogP contribution in [0, 0.1) is 5.92 Å². The van der Waals surface area contributed by atoms with Crippen LogP contribution < -0.4 is 5.32 Å². The van der Waals surface area contributed by atoms with Crippen molar-refractivity contribution in [2.45, 2.75) is 45.8 Å². The number of carbonyl (C=O) groups is 2. The largest absolute Gasteiger partial charge is 0.444 e. The fraction of sp³-hybridized carbons (Fsp3) is 0.556. The van der Waals surface area contributed by atoms with Gasteiger partial charge in [-0.15, -0.1) is 0 Å². The molecule has 0 unspecified atom stereocenters. The molecule has 1 aromatic carbocycles. The maximum atomic E-state index is 12.4. The summed E-state index contributed by atoms with van der Waals surface area (Å²) in [5, 5.41) is 3.85. The smallest absolute Gasteiger partial charge is 0.410 e. The van der Waals surface area contributed by atoms with E-state index < -0.39 is 5.60 Å². The molecule has 0 spiro atoms. The van der Waals surface area contributed by atoms with E-state index >= 15 is 0 Å². The lowest BCUT2D eigenvalue weighted by Gasteiger charge is -2.33. The molecule has 2 rings (SSSR count). The number of halogens is 2. The molecular weight excluding hydrogens is 363 g/mol. The topological polar surface area (TPSA) is 58.6 Å². The van der Waals surface area contributed by atoms with Gasteiger partial charge in [0.1, 0.15) is 5.60 Å². The van der Waals surface area contributed by atoms with Crippen molar-refractivity contribution in [3.05, 3.63) is 33.8 Å². The van der Waals surface area contributed by atoms with Gasteiger partial charge in [0.2, 0.25) is 5.91 Å². The number of hydrogen-bond donors (Lipinski definition) is 1. The first kappa shape index (κ1) is 19.9. The average molecular weight is 387 g/mol. The number of rotatable bonds is 3. The van der Waals surface area contributed by atoms with E-state index in [9.17, 15) is 9.59 Å². The van der Waals surface area contributed by atoms with Gasteiger partial charge < -0.3 is 15.0 Å². The second kappa shape index (κ2) is 8.28. The molecule has 0 radical (unpaired) electrons. The fourth-order valence-electron chi connectivity index (χ4n) is 2.67. The lowest BCUT2D eigenvalue weighted by atomic mass is 9.97. The van der Waals surface area contributed by atoms with Gasteiger partial charge in [-0.25, -0.2) is 4.79 Å². The maximum absolute atomic E-state index is 12.4. The highest BCUT2D eigenvalue weighted by Gasteiger charge is 2.30. The van der Waals surface area contributed by atoms with Gasteiger partial charge in [0.15, 0.2) is 0 Å². The van der Waals surface area contributed by atoms with Crippen LogP contribution in [0.15, 0.2) is 18.2 Å². The second-order valence-corrected chi connectivity index (χ2v) is 8.05. The van der Waals surface area contributed by atoms with E-state index in [1.165, 1.54) is 0 Å². The number of amides is 2. The molecule has 1 saturated heterocycles. The highest BCUT2D eigenvalue weighted by Crippen LogP contribution is 2.23. The normalized spacial score (nSPS) is 18.0. The standard InChI is InChI=1S/C18H24Cl2N2O3/c1-18(2,3)25-17(24)22-8-4-5-13(11-22)16(23)21-10-12-6-7-14(19)15(20)9-12/h6-7,9,13H,4-5,8,10-11H2,1-3H3,(H,21,23)/t13-/m1/s1. The molecule has 1 N–H and O–H groups in total. The highest BCUT2D eigenvalue weighted by molar-refractivity contribution is 6.42. The summed E-state index contributed by atoms with van der Waals surface area (Å²) in [5.74, 6) is -0.302. The zero-order chi connectivity index (χ0) is 18.6. The van der Waals surface area contributed by atoms with Crippen LogP contribution in [-0.2, 0) is 16.1 Å². The Hall–Kier alpha value is -1.46. The number of likely N-dealkylation sites (tertiary alicyclic amines) is 1. The number of nitrogens with one attached hydrogen (secondary N) is 1. The summed E-state index contributed by atoms with van der Waals surface area (Å²) < 4.78 is 5.39. The Morgan fingerprint density at radius 1 is 1.28 bits per heavy atom. The first-order valence-electron chi connectivity index (χ1n) is 8.35. The van der Waals surface area contributed by atoms with Crippen molar-refractivity contribution >= 4 is 35.2 Å². The summed E-state index contributed by atoms with van der Waals surface area (Å²) in [6, 6.07) is 5.26. The van der Waals surface area contributed by atoms with Crippen molar-refractivity contribution in [1.82, 2.24) is 10.2 Å². The van der Waals surface area contributed by atoms with E-state index in [0.717, 1.165) is 18.4 Å². The molecule has 25 heavy (non-hydrogen) atoms. The third kappa shape index (κ3) is 6.08. The Morgan fingerprint density at radius 3 is 2.64 bits per heavy atom. The Balaban J connectivity index is 1.88. The summed E-state index contributed by atoms with van der Waals surface area (Å²) >= 11 is 11.9. The minimum atomic E-state index is -0.542. The van der Waals surface area contributed by atoms with Crippen molar-refractivity contribution in [1.29, 1.82) is 0 Å². The monoisotopic (exact) mass is 386 g/mol. The maximum Gasteiger partial charge on any atom is 0.410 e. The van der Waals surface area contributed by atoms with Crippen LogP contribution >= 0.6 is 23.2 Å². The van der Waals surface area contributed by atoms with Gasteiger partial charge in [0, 0.05) is 19.6 Å². The van der Waals surface area contributed by atoms with Crippen LogP contribution in [0.3, 0.4) is 0 Å². The Morgan fingerprint density at radius 2 is 2.00 bits per heavy atom. The van der Waals surface area contributed by atoms with E-state index in [0.29, 0.717) is 29.7 Å². The molecule has 1 aliphatic rings. The van der Waals surface area contributed by atoms with Gasteiger partial charge in [0.05, 0.1) is 16.0 Å². The van der Waals surface area contributed by atoms with Crippen molar-refractivity contribution in [3.63, 3.8) is 0 Å². The number of hydrogen-bond acceptors (Lipinski definition) is 3. The quantitative estimate of drug-likeness (QED) is 0.843. The number of benzene rings is 1. The Labute approximate surface area is 158 Å². The summed E-state index contributed by atoms with van der Waals surface area (Å²) in [6.45, 7) is 6.86. The molecule has 0 bridgehead atoms. The van der Waals surface area contributed by atoms with Crippen molar-refractivity contribution in [2.75, 3.05) is 13.1 Å². The number of ether oxygens (including phenoxy) is 1. The van der Waals surface area contributed by atoms with Crippen molar-refractivity contribution in [3.8, 4) is 0 Å². The highest BCUT2D eigenvalue weighted by atomic mass is 35.5. The number of piperidine rings is 1. The van der Waals surface area contributed by atoms with E-state index in [1.54, 1.807) is 17.0 Å². The molecule has 0 saturated carbocycles. The van der Waals surface area contributed by atoms with Crippen LogP contribution in [0.25, 0.3) is 0 Å². The molecule has 2 amide bonds. The van der Waals surface area contributed by atoms with Gasteiger partial charge >= 0.3 is 6.09 Å². The van der Waals surface area contributed by atoms with Gasteiger partial charge in [-0.1, -0.05) is 29.3 Å². The Kier molecular flexibility index (Phi) is 6.58. The molecule has 1 aromatic rings. The predicted octanol–water partition coefficient (Wildman–Crippen LogP) is 4.26. The van der Waals surface area contributed by atoms with E-state index in [4.69, 9.17) is 27.9 Å². The SMILES string of the molecule is CC(C)(C)OC(=O)N1CCC[C@@H](C(=O)NCc2ccc(Cl)c(Cl)c2)C1. The van der Waals surface area contributed by atoms with Crippen LogP contribution in [0.2, 0.25) is 10.0 Å². The van der Waals surface area contributed by atoms with Gasteiger partial charge in [-0.2, -0.15) is 0 Å². The number of nitrogens with zero attached hydrogens (tertiary/aromatic N) is 1. The molecular formula is C18H24Cl2N2O3. The zero-order valence-electron chi connectivity index (χ0n) is 14.8. The lowest BCUT2D eigenvalue weighted by Crippen LogP contribution is -2.46. The minimum Gasteiger partial charge on any atom is -0.444 e. The third-order valence-electron chi connectivity index (χ3n) is 3.89. The minimum absolute atomic E-state index is 0.0701. The molecule has 1 fully saturated rings. The molecule has 0 aliphatic carbocycles. The van der Waals surface area contributed by atoms with E-state index in [-0.39, 0.29) is 17.9 Å². The molecule has 1 aliphatic heterocycles. The molecule has 0 aromatic heterocycles. The second-order valence-electron chi connectivity index (χ2n) is 7.23. The first-order chi connectivity index (χ1) is 11.7. The van der Waals surface area contributed by atoms with E-state index in [1.807, 2.05) is 26.8 Å². The summed E-state index contributed by atoms with van der Waals surface area (Å²) in [7, 11) is 0. The molecule has 7 heteroatoms. The van der Waals surface area contributed by atoms with Crippen LogP contribution in [-0.4, -0.2) is 35.6 Å². The summed E-state index contributed by atoms with van der Waals surface area (Å²) in [5.41, 5.74) is 0.336. The van der Waals surface area contributed by atoms with Crippen LogP contribution in [0.4, 0.5) is 4.79 Å². The molecule has 1 heterocycles. The zero-order valence-corrected chi connectivity index (χ0v) is 16.3. The van der Waals surface area contributed by atoms with Crippen molar-refractivity contribution in [2.24, 2.45) is 5.92 Å².